The van der Waals surface area contributed by atoms with Gasteiger partial charge in [0.15, 0.2) is 5.96 Å². The van der Waals surface area contributed by atoms with Gasteiger partial charge in [0.05, 0.1) is 0 Å². The molecule has 0 bridgehead atoms. The summed E-state index contributed by atoms with van der Waals surface area (Å²) in [5.41, 5.74) is 0.430. The maximum Gasteiger partial charge on any atom is 0.193 e. The van der Waals surface area contributed by atoms with Gasteiger partial charge in [0.25, 0.3) is 0 Å². The monoisotopic (exact) mass is 382 g/mol. The Morgan fingerprint density at radius 1 is 1.37 bits per heavy atom. The highest BCUT2D eigenvalue weighted by atomic mass is 127. The van der Waals surface area contributed by atoms with Crippen molar-refractivity contribution in [3.63, 3.8) is 0 Å². The highest BCUT2D eigenvalue weighted by Gasteiger charge is 2.30. The van der Waals surface area contributed by atoms with E-state index in [2.05, 4.69) is 50.0 Å². The Morgan fingerprint density at radius 2 is 2.05 bits per heavy atom. The lowest BCUT2D eigenvalue weighted by atomic mass is 9.93. The summed E-state index contributed by atoms with van der Waals surface area (Å²) in [6, 6.07) is 0. The maximum atomic E-state index is 4.74. The number of likely N-dealkylation sites (tertiary alicyclic amines) is 1. The molecule has 5 heteroatoms. The van der Waals surface area contributed by atoms with Crippen LogP contribution in [0.2, 0.25) is 0 Å². The van der Waals surface area contributed by atoms with E-state index in [1.54, 1.807) is 0 Å². The molecule has 0 radical (unpaired) electrons. The second-order valence-electron chi connectivity index (χ2n) is 6.23. The van der Waals surface area contributed by atoms with Crippen LogP contribution < -0.4 is 5.32 Å². The summed E-state index contributed by atoms with van der Waals surface area (Å²) in [7, 11) is 4.22. The first-order chi connectivity index (χ1) is 8.44. The smallest absolute Gasteiger partial charge is 0.193 e. The number of hydrogen-bond acceptors (Lipinski definition) is 2. The Balaban J connectivity index is 0.00000324. The predicted molar refractivity (Wildman–Crippen MR) is 94.5 cm³/mol. The first kappa shape index (κ1) is 19.0. The molecule has 0 aromatic rings. The Morgan fingerprint density at radius 3 is 2.53 bits per heavy atom. The van der Waals surface area contributed by atoms with Gasteiger partial charge in [-0.3, -0.25) is 4.99 Å². The topological polar surface area (TPSA) is 30.9 Å². The molecule has 1 rings (SSSR count). The van der Waals surface area contributed by atoms with Crippen molar-refractivity contribution in [3.8, 4) is 0 Å². The third-order valence-corrected chi connectivity index (χ3v) is 3.34. The van der Waals surface area contributed by atoms with E-state index in [1.165, 1.54) is 6.42 Å². The van der Waals surface area contributed by atoms with Crippen molar-refractivity contribution < 1.29 is 0 Å². The molecule has 0 amide bonds. The van der Waals surface area contributed by atoms with E-state index in [1.807, 2.05) is 0 Å². The van der Waals surface area contributed by atoms with E-state index in [9.17, 15) is 0 Å². The number of nitrogens with one attached hydrogen (secondary N) is 1. The largest absolute Gasteiger partial charge is 0.357 e. The number of rotatable bonds is 5. The minimum Gasteiger partial charge on any atom is -0.357 e. The van der Waals surface area contributed by atoms with Crippen molar-refractivity contribution in [3.05, 3.63) is 0 Å². The second-order valence-corrected chi connectivity index (χ2v) is 6.23. The van der Waals surface area contributed by atoms with Gasteiger partial charge in [-0.05, 0) is 45.8 Å². The fourth-order valence-electron chi connectivity index (χ4n) is 2.29. The minimum atomic E-state index is 0. The molecule has 0 atom stereocenters. The van der Waals surface area contributed by atoms with E-state index in [0.29, 0.717) is 5.41 Å². The molecule has 1 N–H and O–H groups in total. The van der Waals surface area contributed by atoms with E-state index in [-0.39, 0.29) is 24.0 Å². The van der Waals surface area contributed by atoms with Gasteiger partial charge in [-0.1, -0.05) is 13.8 Å². The van der Waals surface area contributed by atoms with E-state index < -0.39 is 0 Å². The van der Waals surface area contributed by atoms with Crippen molar-refractivity contribution in [2.24, 2.45) is 10.4 Å². The molecule has 1 saturated heterocycles. The predicted octanol–water partition coefficient (Wildman–Crippen LogP) is 2.25. The van der Waals surface area contributed by atoms with Crippen LogP contribution in [0.5, 0.6) is 0 Å². The molecule has 0 saturated carbocycles. The van der Waals surface area contributed by atoms with Crippen molar-refractivity contribution in [1.29, 1.82) is 0 Å². The van der Waals surface area contributed by atoms with Gasteiger partial charge in [-0.2, -0.15) is 0 Å². The van der Waals surface area contributed by atoms with Crippen molar-refractivity contribution in [2.75, 3.05) is 46.8 Å². The molecular formula is C14H31IN4. The van der Waals surface area contributed by atoms with Gasteiger partial charge >= 0.3 is 0 Å². The highest BCUT2D eigenvalue weighted by molar-refractivity contribution is 14.0. The molecule has 1 aliphatic rings. The molecule has 114 valence electrons. The third-order valence-electron chi connectivity index (χ3n) is 3.34. The van der Waals surface area contributed by atoms with Gasteiger partial charge in [0, 0.05) is 26.2 Å². The molecule has 1 heterocycles. The summed E-state index contributed by atoms with van der Waals surface area (Å²) < 4.78 is 0. The molecule has 0 spiro atoms. The number of hydrogen-bond donors (Lipinski definition) is 1. The number of halogens is 1. The van der Waals surface area contributed by atoms with Crippen molar-refractivity contribution in [2.45, 2.75) is 33.6 Å². The van der Waals surface area contributed by atoms with E-state index in [0.717, 1.165) is 45.1 Å². The van der Waals surface area contributed by atoms with Crippen LogP contribution in [0.15, 0.2) is 4.99 Å². The Kier molecular flexibility index (Phi) is 8.98. The molecule has 0 aromatic heterocycles. The van der Waals surface area contributed by atoms with Crippen LogP contribution in [0, 0.1) is 5.41 Å². The molecule has 0 unspecified atom stereocenters. The molecular weight excluding hydrogens is 351 g/mol. The standard InChI is InChI=1S/C14H30N4.HI/c1-6-15-13(16-9-7-10-17(4)5)18-11-8-14(2,3)12-18;/h6-12H2,1-5H3,(H,15,16);1H. The van der Waals surface area contributed by atoms with Crippen LogP contribution in [0.25, 0.3) is 0 Å². The zero-order valence-electron chi connectivity index (χ0n) is 13.2. The van der Waals surface area contributed by atoms with Crippen LogP contribution in [0.3, 0.4) is 0 Å². The van der Waals surface area contributed by atoms with Crippen LogP contribution in [0.4, 0.5) is 0 Å². The van der Waals surface area contributed by atoms with Crippen LogP contribution in [-0.4, -0.2) is 62.6 Å². The number of guanidine groups is 1. The van der Waals surface area contributed by atoms with Gasteiger partial charge < -0.3 is 15.1 Å². The second kappa shape index (κ2) is 9.00. The van der Waals surface area contributed by atoms with Crippen molar-refractivity contribution in [1.82, 2.24) is 15.1 Å². The molecule has 1 fully saturated rings. The molecule has 0 aromatic carbocycles. The third kappa shape index (κ3) is 7.34. The first-order valence-electron chi connectivity index (χ1n) is 7.12. The summed E-state index contributed by atoms with van der Waals surface area (Å²) in [4.78, 5) is 9.35. The van der Waals surface area contributed by atoms with Gasteiger partial charge in [-0.25, -0.2) is 0 Å². The normalized spacial score (nSPS) is 18.6. The van der Waals surface area contributed by atoms with Gasteiger partial charge in [0.2, 0.25) is 0 Å². The lowest BCUT2D eigenvalue weighted by Gasteiger charge is -2.23. The van der Waals surface area contributed by atoms with Crippen molar-refractivity contribution >= 4 is 29.9 Å². The minimum absolute atomic E-state index is 0. The van der Waals surface area contributed by atoms with E-state index in [4.69, 9.17) is 4.99 Å². The maximum absolute atomic E-state index is 4.74. The summed E-state index contributed by atoms with van der Waals surface area (Å²) in [5.74, 6) is 1.10. The fourth-order valence-corrected chi connectivity index (χ4v) is 2.29. The number of aliphatic imine (C=N–C) groups is 1. The summed E-state index contributed by atoms with van der Waals surface area (Å²) in [6.07, 6.45) is 2.38. The Bertz CT molecular complexity index is 277. The lowest BCUT2D eigenvalue weighted by molar-refractivity contribution is 0.369. The zero-order chi connectivity index (χ0) is 13.6. The quantitative estimate of drug-likeness (QED) is 0.343. The molecule has 19 heavy (non-hydrogen) atoms. The van der Waals surface area contributed by atoms with Gasteiger partial charge in [0.1, 0.15) is 0 Å². The van der Waals surface area contributed by atoms with Crippen LogP contribution in [-0.2, 0) is 0 Å². The molecule has 0 aliphatic carbocycles. The summed E-state index contributed by atoms with van der Waals surface area (Å²) >= 11 is 0. The van der Waals surface area contributed by atoms with Gasteiger partial charge in [-0.15, -0.1) is 24.0 Å². The fraction of sp³-hybridized carbons (Fsp3) is 0.929. The molecule has 4 nitrogen and oxygen atoms in total. The highest BCUT2D eigenvalue weighted by Crippen LogP contribution is 2.28. The molecule has 1 aliphatic heterocycles. The summed E-state index contributed by atoms with van der Waals surface area (Å²) in [6.45, 7) is 12.0. The average Bonchev–Trinajstić information content (AvgIpc) is 2.63. The zero-order valence-corrected chi connectivity index (χ0v) is 15.5. The summed E-state index contributed by atoms with van der Waals surface area (Å²) in [5, 5.41) is 3.41. The lowest BCUT2D eigenvalue weighted by Crippen LogP contribution is -2.40. The SMILES string of the molecule is CCNC(=NCCCN(C)C)N1CCC(C)(C)C1.I. The Hall–Kier alpha value is -0.0400. The Labute approximate surface area is 136 Å². The van der Waals surface area contributed by atoms with E-state index >= 15 is 0 Å². The van der Waals surface area contributed by atoms with Crippen LogP contribution in [0.1, 0.15) is 33.6 Å². The van der Waals surface area contributed by atoms with Crippen LogP contribution >= 0.6 is 24.0 Å². The average molecular weight is 382 g/mol. The number of nitrogens with zero attached hydrogens (tertiary/aromatic N) is 3. The first-order valence-corrected chi connectivity index (χ1v) is 7.12.